The van der Waals surface area contributed by atoms with E-state index >= 15 is 0 Å². The van der Waals surface area contributed by atoms with Crippen molar-refractivity contribution in [3.05, 3.63) is 47.5 Å². The van der Waals surface area contributed by atoms with Gasteiger partial charge in [0.15, 0.2) is 6.29 Å². The smallest absolute Gasteiger partial charge is 0.432 e. The molecule has 1 aliphatic heterocycles. The molecular formula is C30H44O8. The first-order valence-electron chi connectivity index (χ1n) is 14.0. The van der Waals surface area contributed by atoms with Crippen LogP contribution in [0.4, 0.5) is 9.59 Å². The average Bonchev–Trinajstić information content (AvgIpc) is 3.24. The molecular weight excluding hydrogens is 488 g/mol. The maximum atomic E-state index is 12.0. The van der Waals surface area contributed by atoms with Gasteiger partial charge in [-0.1, -0.05) is 56.2 Å². The molecule has 0 aromatic heterocycles. The molecule has 1 aromatic rings. The Hall–Kier alpha value is -2.58. The van der Waals surface area contributed by atoms with Crippen LogP contribution in [0.5, 0.6) is 0 Å². The minimum atomic E-state index is -1.30. The Bertz CT molecular complexity index is 854. The predicted octanol–water partition coefficient (Wildman–Crippen LogP) is 7.60. The fourth-order valence-electron chi connectivity index (χ4n) is 4.82. The molecule has 1 saturated heterocycles. The highest BCUT2D eigenvalue weighted by molar-refractivity contribution is 5.61. The summed E-state index contributed by atoms with van der Waals surface area (Å²) in [7, 11) is 0. The number of allylic oxidation sites excluding steroid dienone is 2. The van der Waals surface area contributed by atoms with E-state index < -0.39 is 31.2 Å². The molecule has 0 spiro atoms. The van der Waals surface area contributed by atoms with Gasteiger partial charge in [-0.05, 0) is 83.6 Å². The van der Waals surface area contributed by atoms with Crippen molar-refractivity contribution < 1.29 is 38.0 Å². The second-order valence-electron chi connectivity index (χ2n) is 10.7. The Morgan fingerprint density at radius 2 is 1.45 bits per heavy atom. The number of ether oxygens (including phenoxy) is 6. The van der Waals surface area contributed by atoms with E-state index in [1.54, 1.807) is 27.7 Å². The minimum Gasteiger partial charge on any atom is -0.432 e. The van der Waals surface area contributed by atoms with Crippen LogP contribution in [0.15, 0.2) is 36.4 Å². The molecule has 3 rings (SSSR count). The van der Waals surface area contributed by atoms with E-state index in [2.05, 4.69) is 19.1 Å². The van der Waals surface area contributed by atoms with E-state index in [4.69, 9.17) is 28.4 Å². The lowest BCUT2D eigenvalue weighted by molar-refractivity contribution is -0.163. The fraction of sp³-hybridized carbons (Fsp3) is 0.667. The number of benzene rings is 1. The van der Waals surface area contributed by atoms with Crippen LogP contribution in [0.1, 0.15) is 97.0 Å². The topological polar surface area (TPSA) is 89.5 Å². The Balaban J connectivity index is 1.51. The molecule has 0 bridgehead atoms. The Kier molecular flexibility index (Phi) is 11.9. The molecule has 2 fully saturated rings. The maximum Gasteiger partial charge on any atom is 0.511 e. The molecule has 0 N–H and O–H groups in total. The second-order valence-corrected chi connectivity index (χ2v) is 10.7. The summed E-state index contributed by atoms with van der Waals surface area (Å²) in [5, 5.41) is 0. The van der Waals surface area contributed by atoms with E-state index in [9.17, 15) is 9.59 Å². The van der Waals surface area contributed by atoms with Gasteiger partial charge in [0.05, 0.1) is 12.2 Å². The standard InChI is InChI=1S/C30H44O8/c1-6-9-22-12-14-23(15-13-22)10-7-8-11-24-16-18-25(19-17-24)26-35-27(37-29(31)33-20(2)3)28(36-26)38-30(32)34-21(4)5/h7,10,16-23,26-28H,6,8-9,11-15H2,1-5H3/b10-7+/t22-,23-,27-,28-/m1/s1. The number of carbonyl (C=O) groups excluding carboxylic acids is 2. The molecule has 2 aliphatic rings. The Labute approximate surface area is 226 Å². The van der Waals surface area contributed by atoms with Crippen molar-refractivity contribution in [3.8, 4) is 0 Å². The highest BCUT2D eigenvalue weighted by Gasteiger charge is 2.43. The number of carbonyl (C=O) groups is 2. The molecule has 1 saturated carbocycles. The van der Waals surface area contributed by atoms with Crippen LogP contribution in [-0.4, -0.2) is 37.1 Å². The third-order valence-corrected chi connectivity index (χ3v) is 6.67. The van der Waals surface area contributed by atoms with Crippen molar-refractivity contribution in [2.45, 2.75) is 117 Å². The highest BCUT2D eigenvalue weighted by Crippen LogP contribution is 2.34. The van der Waals surface area contributed by atoms with Gasteiger partial charge in [-0.2, -0.15) is 0 Å². The first-order valence-corrected chi connectivity index (χ1v) is 14.0. The predicted molar refractivity (Wildman–Crippen MR) is 142 cm³/mol. The third kappa shape index (κ3) is 9.95. The second kappa shape index (κ2) is 15.1. The minimum absolute atomic E-state index is 0.380. The van der Waals surface area contributed by atoms with Gasteiger partial charge < -0.3 is 28.4 Å². The zero-order valence-electron chi connectivity index (χ0n) is 23.4. The molecule has 8 nitrogen and oxygen atoms in total. The Morgan fingerprint density at radius 1 is 0.895 bits per heavy atom. The summed E-state index contributed by atoms with van der Waals surface area (Å²) >= 11 is 0. The van der Waals surface area contributed by atoms with Crippen LogP contribution in [0.25, 0.3) is 0 Å². The summed E-state index contributed by atoms with van der Waals surface area (Å²) in [6, 6.07) is 7.85. The first-order chi connectivity index (χ1) is 18.2. The van der Waals surface area contributed by atoms with Crippen molar-refractivity contribution in [2.24, 2.45) is 11.8 Å². The summed E-state index contributed by atoms with van der Waals surface area (Å²) < 4.78 is 31.9. The molecule has 38 heavy (non-hydrogen) atoms. The van der Waals surface area contributed by atoms with Crippen molar-refractivity contribution >= 4 is 12.3 Å². The van der Waals surface area contributed by atoms with Crippen LogP contribution in [-0.2, 0) is 34.8 Å². The fourth-order valence-corrected chi connectivity index (χ4v) is 4.82. The van der Waals surface area contributed by atoms with E-state index in [-0.39, 0.29) is 12.2 Å². The van der Waals surface area contributed by atoms with Crippen molar-refractivity contribution in [2.75, 3.05) is 0 Å². The average molecular weight is 533 g/mol. The van der Waals surface area contributed by atoms with Crippen molar-refractivity contribution in [3.63, 3.8) is 0 Å². The van der Waals surface area contributed by atoms with E-state index in [1.165, 1.54) is 44.1 Å². The molecule has 0 unspecified atom stereocenters. The molecule has 0 amide bonds. The zero-order chi connectivity index (χ0) is 27.5. The summed E-state index contributed by atoms with van der Waals surface area (Å²) in [6.07, 6.45) is 8.56. The SMILES string of the molecule is CCC[C@H]1CC[C@H](/C=C/CCc2ccc(C3O[C@H](OC(=O)OC(C)C)[C@@H](OC(=O)OC(C)C)O3)cc2)CC1. The molecule has 8 heteroatoms. The highest BCUT2D eigenvalue weighted by atomic mass is 16.9. The van der Waals surface area contributed by atoms with Crippen LogP contribution in [0.3, 0.4) is 0 Å². The zero-order valence-corrected chi connectivity index (χ0v) is 23.4. The van der Waals surface area contributed by atoms with Gasteiger partial charge in [0.2, 0.25) is 0 Å². The normalized spacial score (nSPS) is 24.2. The maximum absolute atomic E-state index is 12.0. The molecule has 1 aliphatic carbocycles. The van der Waals surface area contributed by atoms with Gasteiger partial charge in [-0.15, -0.1) is 0 Å². The number of hydrogen-bond donors (Lipinski definition) is 0. The molecule has 1 aromatic carbocycles. The monoisotopic (exact) mass is 532 g/mol. The first kappa shape index (κ1) is 30.0. The lowest BCUT2D eigenvalue weighted by atomic mass is 9.80. The summed E-state index contributed by atoms with van der Waals surface area (Å²) in [4.78, 5) is 24.0. The van der Waals surface area contributed by atoms with Gasteiger partial charge in [0.1, 0.15) is 0 Å². The van der Waals surface area contributed by atoms with Gasteiger partial charge in [-0.3, -0.25) is 0 Å². The van der Waals surface area contributed by atoms with Crippen LogP contribution < -0.4 is 0 Å². The number of rotatable bonds is 11. The summed E-state index contributed by atoms with van der Waals surface area (Å²) in [5.41, 5.74) is 1.91. The van der Waals surface area contributed by atoms with Crippen molar-refractivity contribution in [1.82, 2.24) is 0 Å². The van der Waals surface area contributed by atoms with Gasteiger partial charge in [0.25, 0.3) is 12.6 Å². The number of aryl methyl sites for hydroxylation is 1. The molecule has 0 radical (unpaired) electrons. The molecule has 1 heterocycles. The van der Waals surface area contributed by atoms with Gasteiger partial charge in [0, 0.05) is 5.56 Å². The van der Waals surface area contributed by atoms with Crippen LogP contribution >= 0.6 is 0 Å². The van der Waals surface area contributed by atoms with E-state index in [1.807, 2.05) is 24.3 Å². The molecule has 2 atom stereocenters. The van der Waals surface area contributed by atoms with E-state index in [0.29, 0.717) is 5.56 Å². The van der Waals surface area contributed by atoms with Crippen LogP contribution in [0.2, 0.25) is 0 Å². The number of hydrogen-bond acceptors (Lipinski definition) is 8. The summed E-state index contributed by atoms with van der Waals surface area (Å²) in [6.45, 7) is 9.06. The third-order valence-electron chi connectivity index (χ3n) is 6.67. The van der Waals surface area contributed by atoms with E-state index in [0.717, 1.165) is 24.7 Å². The van der Waals surface area contributed by atoms with Crippen LogP contribution in [0, 0.1) is 11.8 Å². The summed E-state index contributed by atoms with van der Waals surface area (Å²) in [5.74, 6) is 1.66. The Morgan fingerprint density at radius 3 is 1.95 bits per heavy atom. The van der Waals surface area contributed by atoms with Crippen molar-refractivity contribution in [1.29, 1.82) is 0 Å². The quantitative estimate of drug-likeness (QED) is 0.213. The van der Waals surface area contributed by atoms with Gasteiger partial charge in [-0.25, -0.2) is 9.59 Å². The molecule has 212 valence electrons. The lowest BCUT2D eigenvalue weighted by Crippen LogP contribution is -2.34. The largest absolute Gasteiger partial charge is 0.511 e. The lowest BCUT2D eigenvalue weighted by Gasteiger charge is -2.26. The van der Waals surface area contributed by atoms with Gasteiger partial charge >= 0.3 is 12.3 Å².